The van der Waals surface area contributed by atoms with Crippen LogP contribution in [0.5, 0.6) is 0 Å². The van der Waals surface area contributed by atoms with E-state index in [1.54, 1.807) is 12.4 Å². The van der Waals surface area contributed by atoms with Gasteiger partial charge in [0.1, 0.15) is 6.04 Å². The molecule has 0 aliphatic carbocycles. The molecule has 4 aromatic rings. The van der Waals surface area contributed by atoms with Gasteiger partial charge in [0.2, 0.25) is 11.8 Å². The number of pyridine rings is 1. The van der Waals surface area contributed by atoms with E-state index in [0.717, 1.165) is 22.3 Å². The van der Waals surface area contributed by atoms with Crippen molar-refractivity contribution in [1.82, 2.24) is 15.6 Å². The van der Waals surface area contributed by atoms with Gasteiger partial charge in [-0.2, -0.15) is 0 Å². The zero-order chi connectivity index (χ0) is 22.9. The molecule has 4 rings (SSSR count). The molecular formula is C28H25N3O2. The van der Waals surface area contributed by atoms with Crippen LogP contribution in [-0.4, -0.2) is 16.8 Å². The van der Waals surface area contributed by atoms with Crippen molar-refractivity contribution in [2.45, 2.75) is 18.5 Å². The van der Waals surface area contributed by atoms with Gasteiger partial charge in [0, 0.05) is 18.9 Å². The highest BCUT2D eigenvalue weighted by atomic mass is 16.2. The van der Waals surface area contributed by atoms with Crippen LogP contribution < -0.4 is 10.6 Å². The molecule has 5 nitrogen and oxygen atoms in total. The van der Waals surface area contributed by atoms with E-state index in [9.17, 15) is 9.59 Å². The third kappa shape index (κ3) is 5.71. The van der Waals surface area contributed by atoms with Crippen LogP contribution >= 0.6 is 0 Å². The molecule has 0 fully saturated rings. The third-order valence-corrected chi connectivity index (χ3v) is 5.40. The number of carbonyl (C=O) groups excluding carboxylic acids is 2. The first kappa shape index (κ1) is 22.0. The number of rotatable bonds is 8. The van der Waals surface area contributed by atoms with Crippen molar-refractivity contribution in [3.8, 4) is 0 Å². The monoisotopic (exact) mass is 435 g/mol. The van der Waals surface area contributed by atoms with Crippen molar-refractivity contribution in [3.05, 3.63) is 138 Å². The molecule has 2 N–H and O–H groups in total. The summed E-state index contributed by atoms with van der Waals surface area (Å²) in [6.45, 7) is 0.326. The van der Waals surface area contributed by atoms with E-state index >= 15 is 0 Å². The van der Waals surface area contributed by atoms with E-state index in [1.165, 1.54) is 0 Å². The first-order valence-corrected chi connectivity index (χ1v) is 10.8. The van der Waals surface area contributed by atoms with Crippen LogP contribution in [0, 0.1) is 0 Å². The molecule has 0 aliphatic heterocycles. The Morgan fingerprint density at radius 3 is 1.73 bits per heavy atom. The lowest BCUT2D eigenvalue weighted by Crippen LogP contribution is -2.42. The van der Waals surface area contributed by atoms with E-state index in [-0.39, 0.29) is 11.8 Å². The Kier molecular flexibility index (Phi) is 7.23. The van der Waals surface area contributed by atoms with E-state index in [0.29, 0.717) is 6.54 Å². The first-order chi connectivity index (χ1) is 16.2. The molecule has 5 heteroatoms. The van der Waals surface area contributed by atoms with Crippen LogP contribution in [-0.2, 0) is 16.1 Å². The van der Waals surface area contributed by atoms with E-state index in [2.05, 4.69) is 15.6 Å². The molecule has 1 atom stereocenters. The Bertz CT molecular complexity index is 1130. The maximum atomic E-state index is 13.6. The average Bonchev–Trinajstić information content (AvgIpc) is 2.88. The molecule has 1 heterocycles. The molecule has 0 saturated carbocycles. The van der Waals surface area contributed by atoms with Crippen molar-refractivity contribution in [2.24, 2.45) is 0 Å². The van der Waals surface area contributed by atoms with Crippen LogP contribution in [0.2, 0.25) is 0 Å². The lowest BCUT2D eigenvalue weighted by molar-refractivity contribution is -0.129. The molecule has 0 radical (unpaired) electrons. The zero-order valence-corrected chi connectivity index (χ0v) is 18.1. The van der Waals surface area contributed by atoms with Gasteiger partial charge in [0.25, 0.3) is 0 Å². The van der Waals surface area contributed by atoms with Gasteiger partial charge in [-0.1, -0.05) is 97.1 Å². The second-order valence-electron chi connectivity index (χ2n) is 7.69. The first-order valence-electron chi connectivity index (χ1n) is 10.8. The summed E-state index contributed by atoms with van der Waals surface area (Å²) in [4.78, 5) is 30.9. The van der Waals surface area contributed by atoms with Gasteiger partial charge < -0.3 is 10.6 Å². The molecule has 33 heavy (non-hydrogen) atoms. The topological polar surface area (TPSA) is 71.1 Å². The van der Waals surface area contributed by atoms with Crippen LogP contribution in [0.4, 0.5) is 0 Å². The summed E-state index contributed by atoms with van der Waals surface area (Å²) < 4.78 is 0. The van der Waals surface area contributed by atoms with Crippen molar-refractivity contribution >= 4 is 11.8 Å². The van der Waals surface area contributed by atoms with Crippen molar-refractivity contribution in [1.29, 1.82) is 0 Å². The summed E-state index contributed by atoms with van der Waals surface area (Å²) in [6.07, 6.45) is 3.39. The maximum Gasteiger partial charge on any atom is 0.247 e. The highest BCUT2D eigenvalue weighted by molar-refractivity contribution is 5.93. The fraction of sp³-hybridized carbons (Fsp3) is 0.107. The SMILES string of the molecule is O=C(N[C@@H](C(=O)NCc1cccnc1)c1ccccc1)C(c1ccccc1)c1ccccc1. The summed E-state index contributed by atoms with van der Waals surface area (Å²) >= 11 is 0. The Hall–Kier alpha value is -4.25. The molecular weight excluding hydrogens is 410 g/mol. The normalized spacial score (nSPS) is 11.5. The number of hydrogen-bond acceptors (Lipinski definition) is 3. The van der Waals surface area contributed by atoms with Gasteiger partial charge in [-0.3, -0.25) is 14.6 Å². The standard InChI is InChI=1S/C28H25N3O2/c32-27(25(22-12-4-1-5-13-22)23-14-6-2-7-15-23)31-26(24-16-8-3-9-17-24)28(33)30-20-21-11-10-18-29-19-21/h1-19,25-26H,20H2,(H,30,33)(H,31,32)/t26-/m1/s1. The number of nitrogens with zero attached hydrogens (tertiary/aromatic N) is 1. The second kappa shape index (κ2) is 10.9. The summed E-state index contributed by atoms with van der Waals surface area (Å²) in [5.74, 6) is -1.05. The lowest BCUT2D eigenvalue weighted by atomic mass is 9.90. The number of nitrogens with one attached hydrogen (secondary N) is 2. The van der Waals surface area contributed by atoms with Crippen LogP contribution in [0.3, 0.4) is 0 Å². The van der Waals surface area contributed by atoms with Gasteiger partial charge in [-0.05, 0) is 28.3 Å². The molecule has 164 valence electrons. The van der Waals surface area contributed by atoms with E-state index in [1.807, 2.05) is 103 Å². The van der Waals surface area contributed by atoms with E-state index in [4.69, 9.17) is 0 Å². The minimum atomic E-state index is -0.828. The quantitative estimate of drug-likeness (QED) is 0.431. The fourth-order valence-corrected chi connectivity index (χ4v) is 3.75. The third-order valence-electron chi connectivity index (χ3n) is 5.40. The molecule has 2 amide bonds. The van der Waals surface area contributed by atoms with Gasteiger partial charge in [-0.15, -0.1) is 0 Å². The molecule has 3 aromatic carbocycles. The Balaban J connectivity index is 1.60. The van der Waals surface area contributed by atoms with Crippen molar-refractivity contribution in [2.75, 3.05) is 0 Å². The molecule has 0 aliphatic rings. The number of carbonyl (C=O) groups is 2. The lowest BCUT2D eigenvalue weighted by Gasteiger charge is -2.23. The molecule has 1 aromatic heterocycles. The number of aromatic nitrogens is 1. The van der Waals surface area contributed by atoms with E-state index < -0.39 is 12.0 Å². The summed E-state index contributed by atoms with van der Waals surface area (Å²) in [7, 11) is 0. The number of amides is 2. The molecule has 0 saturated heterocycles. The predicted octanol–water partition coefficient (Wildman–Crippen LogP) is 4.39. The number of benzene rings is 3. The van der Waals surface area contributed by atoms with Crippen molar-refractivity contribution < 1.29 is 9.59 Å². The van der Waals surface area contributed by atoms with Gasteiger partial charge in [-0.25, -0.2) is 0 Å². The van der Waals surface area contributed by atoms with Gasteiger partial charge >= 0.3 is 0 Å². The smallest absolute Gasteiger partial charge is 0.247 e. The largest absolute Gasteiger partial charge is 0.350 e. The van der Waals surface area contributed by atoms with Crippen molar-refractivity contribution in [3.63, 3.8) is 0 Å². The van der Waals surface area contributed by atoms with Crippen LogP contribution in [0.1, 0.15) is 34.2 Å². The number of hydrogen-bond donors (Lipinski definition) is 2. The summed E-state index contributed by atoms with van der Waals surface area (Å²) in [5.41, 5.74) is 3.33. The minimum Gasteiger partial charge on any atom is -0.350 e. The average molecular weight is 436 g/mol. The summed E-state index contributed by atoms with van der Waals surface area (Å²) in [5, 5.41) is 5.93. The second-order valence-corrected chi connectivity index (χ2v) is 7.69. The highest BCUT2D eigenvalue weighted by Gasteiger charge is 2.28. The van der Waals surface area contributed by atoms with Crippen LogP contribution in [0.25, 0.3) is 0 Å². The van der Waals surface area contributed by atoms with Gasteiger partial charge in [0.15, 0.2) is 0 Å². The van der Waals surface area contributed by atoms with Crippen LogP contribution in [0.15, 0.2) is 116 Å². The molecule has 0 spiro atoms. The minimum absolute atomic E-state index is 0.238. The highest BCUT2D eigenvalue weighted by Crippen LogP contribution is 2.26. The Labute approximate surface area is 193 Å². The Morgan fingerprint density at radius 1 is 0.667 bits per heavy atom. The summed E-state index contributed by atoms with van der Waals surface area (Å²) in [6, 6.07) is 31.4. The Morgan fingerprint density at radius 2 is 1.21 bits per heavy atom. The molecule has 0 unspecified atom stereocenters. The fourth-order valence-electron chi connectivity index (χ4n) is 3.75. The molecule has 0 bridgehead atoms. The maximum absolute atomic E-state index is 13.6. The van der Waals surface area contributed by atoms with Gasteiger partial charge in [0.05, 0.1) is 5.92 Å². The zero-order valence-electron chi connectivity index (χ0n) is 18.1. The predicted molar refractivity (Wildman–Crippen MR) is 128 cm³/mol.